The number of ether oxygens (including phenoxy) is 1. The molecule has 2 saturated heterocycles. The number of hydrogen-bond donors (Lipinski definition) is 1. The van der Waals surface area contributed by atoms with Crippen LogP contribution in [0.25, 0.3) is 0 Å². The van der Waals surface area contributed by atoms with Crippen molar-refractivity contribution in [1.29, 1.82) is 0 Å². The van der Waals surface area contributed by atoms with Gasteiger partial charge < -0.3 is 15.0 Å². The van der Waals surface area contributed by atoms with Crippen LogP contribution in [0.3, 0.4) is 0 Å². The van der Waals surface area contributed by atoms with E-state index in [1.165, 1.54) is 0 Å². The Labute approximate surface area is 144 Å². The molecule has 3 rings (SSSR count). The summed E-state index contributed by atoms with van der Waals surface area (Å²) >= 11 is 5.33. The van der Waals surface area contributed by atoms with E-state index < -0.39 is 0 Å². The first kappa shape index (κ1) is 16.1. The lowest BCUT2D eigenvalue weighted by Crippen LogP contribution is -2.65. The number of amides is 1. The molecule has 0 atom stereocenters. The smallest absolute Gasteiger partial charge is 0.223 e. The molecule has 0 bridgehead atoms. The van der Waals surface area contributed by atoms with E-state index in [9.17, 15) is 4.79 Å². The van der Waals surface area contributed by atoms with Crippen LogP contribution >= 0.6 is 27.7 Å². The summed E-state index contributed by atoms with van der Waals surface area (Å²) in [5, 5.41) is 3.29. The zero-order valence-electron chi connectivity index (χ0n) is 12.5. The van der Waals surface area contributed by atoms with Crippen molar-refractivity contribution in [3.8, 4) is 5.75 Å². The molecule has 0 saturated carbocycles. The molecule has 2 heterocycles. The van der Waals surface area contributed by atoms with Gasteiger partial charge in [0, 0.05) is 36.3 Å². The van der Waals surface area contributed by atoms with Crippen LogP contribution < -0.4 is 10.1 Å². The highest BCUT2D eigenvalue weighted by Gasteiger charge is 2.48. The van der Waals surface area contributed by atoms with E-state index in [-0.39, 0.29) is 4.87 Å². The maximum atomic E-state index is 12.4. The molecule has 0 aromatic heterocycles. The molecule has 0 radical (unpaired) electrons. The molecule has 2 aliphatic heterocycles. The third kappa shape index (κ3) is 3.60. The van der Waals surface area contributed by atoms with E-state index in [0.717, 1.165) is 48.5 Å². The Hall–Kier alpha value is -0.720. The summed E-state index contributed by atoms with van der Waals surface area (Å²) in [6.07, 6.45) is 2.43. The van der Waals surface area contributed by atoms with E-state index in [1.54, 1.807) is 0 Å². The first-order chi connectivity index (χ1) is 10.7. The molecule has 6 heteroatoms. The van der Waals surface area contributed by atoms with Crippen molar-refractivity contribution < 1.29 is 9.53 Å². The predicted molar refractivity (Wildman–Crippen MR) is 93.3 cm³/mol. The molecule has 1 aromatic rings. The van der Waals surface area contributed by atoms with Crippen LogP contribution in [0.1, 0.15) is 19.3 Å². The van der Waals surface area contributed by atoms with Gasteiger partial charge in [0.25, 0.3) is 0 Å². The Bertz CT molecular complexity index is 519. The van der Waals surface area contributed by atoms with Crippen molar-refractivity contribution in [2.45, 2.75) is 24.1 Å². The van der Waals surface area contributed by atoms with Gasteiger partial charge in [0.05, 0.1) is 6.61 Å². The summed E-state index contributed by atoms with van der Waals surface area (Å²) in [4.78, 5) is 14.5. The third-order valence-electron chi connectivity index (χ3n) is 4.15. The number of nitrogens with zero attached hydrogens (tertiary/aromatic N) is 1. The molecule has 2 fully saturated rings. The summed E-state index contributed by atoms with van der Waals surface area (Å²) in [7, 11) is 0. The Balaban J connectivity index is 1.35. The lowest BCUT2D eigenvalue weighted by molar-refractivity contribution is -0.135. The summed E-state index contributed by atoms with van der Waals surface area (Å²) < 4.78 is 6.73. The lowest BCUT2D eigenvalue weighted by atomic mass is 10.1. The minimum atomic E-state index is 0.0744. The molecular formula is C16H21BrN2O2S. The van der Waals surface area contributed by atoms with Crippen LogP contribution in [0.15, 0.2) is 28.7 Å². The van der Waals surface area contributed by atoms with Crippen molar-refractivity contribution in [2.24, 2.45) is 0 Å². The first-order valence-electron chi connectivity index (χ1n) is 7.73. The number of benzene rings is 1. The minimum absolute atomic E-state index is 0.0744. The van der Waals surface area contributed by atoms with Gasteiger partial charge in [-0.1, -0.05) is 15.9 Å². The molecule has 0 aliphatic carbocycles. The van der Waals surface area contributed by atoms with E-state index in [2.05, 4.69) is 26.1 Å². The Morgan fingerprint density at radius 1 is 1.32 bits per heavy atom. The van der Waals surface area contributed by atoms with Crippen molar-refractivity contribution >= 4 is 33.6 Å². The fourth-order valence-corrected chi connectivity index (χ4v) is 4.50. The summed E-state index contributed by atoms with van der Waals surface area (Å²) in [5.41, 5.74) is 0. The molecule has 1 spiro atoms. The topological polar surface area (TPSA) is 41.6 Å². The van der Waals surface area contributed by atoms with Crippen molar-refractivity contribution in [1.82, 2.24) is 10.2 Å². The average Bonchev–Trinajstić information content (AvgIpc) is 2.94. The Morgan fingerprint density at radius 2 is 2.09 bits per heavy atom. The van der Waals surface area contributed by atoms with Gasteiger partial charge in [-0.15, -0.1) is 11.8 Å². The van der Waals surface area contributed by atoms with Crippen LogP contribution in [0.5, 0.6) is 5.75 Å². The van der Waals surface area contributed by atoms with Crippen LogP contribution in [0.4, 0.5) is 0 Å². The second-order valence-electron chi connectivity index (χ2n) is 5.70. The van der Waals surface area contributed by atoms with E-state index in [4.69, 9.17) is 4.74 Å². The van der Waals surface area contributed by atoms with Crippen molar-refractivity contribution in [2.75, 3.05) is 32.0 Å². The van der Waals surface area contributed by atoms with E-state index in [0.29, 0.717) is 18.9 Å². The van der Waals surface area contributed by atoms with Gasteiger partial charge in [-0.05, 0) is 37.1 Å². The zero-order valence-corrected chi connectivity index (χ0v) is 14.9. The number of hydrogen-bond acceptors (Lipinski definition) is 4. The SMILES string of the molecule is O=C(CCCCOc1ccc(Br)cc1)N1CCSC12CNC2. The molecule has 1 amide bonds. The zero-order chi connectivity index (χ0) is 15.4. The molecule has 1 N–H and O–H groups in total. The quantitative estimate of drug-likeness (QED) is 0.765. The highest BCUT2D eigenvalue weighted by molar-refractivity contribution is 9.10. The summed E-state index contributed by atoms with van der Waals surface area (Å²) in [6, 6.07) is 7.83. The minimum Gasteiger partial charge on any atom is -0.494 e. The van der Waals surface area contributed by atoms with Gasteiger partial charge in [0.2, 0.25) is 5.91 Å². The van der Waals surface area contributed by atoms with Gasteiger partial charge in [0.1, 0.15) is 10.6 Å². The number of carbonyl (C=O) groups excluding carboxylic acids is 1. The molecule has 0 unspecified atom stereocenters. The van der Waals surface area contributed by atoms with Crippen LogP contribution in [-0.4, -0.2) is 47.7 Å². The maximum absolute atomic E-state index is 12.4. The second-order valence-corrected chi connectivity index (χ2v) is 8.08. The first-order valence-corrected chi connectivity index (χ1v) is 9.51. The van der Waals surface area contributed by atoms with Crippen LogP contribution in [0, 0.1) is 0 Å². The Kier molecular flexibility index (Phi) is 5.31. The molecule has 22 heavy (non-hydrogen) atoms. The Morgan fingerprint density at radius 3 is 2.77 bits per heavy atom. The third-order valence-corrected chi connectivity index (χ3v) is 6.11. The van der Waals surface area contributed by atoms with Gasteiger partial charge in [-0.25, -0.2) is 0 Å². The highest BCUT2D eigenvalue weighted by Crippen LogP contribution is 2.39. The van der Waals surface area contributed by atoms with Gasteiger partial charge in [-0.2, -0.15) is 0 Å². The largest absolute Gasteiger partial charge is 0.494 e. The number of carbonyl (C=O) groups is 1. The van der Waals surface area contributed by atoms with Crippen molar-refractivity contribution in [3.63, 3.8) is 0 Å². The molecular weight excluding hydrogens is 364 g/mol. The van der Waals surface area contributed by atoms with E-state index >= 15 is 0 Å². The number of nitrogens with one attached hydrogen (secondary N) is 1. The fraction of sp³-hybridized carbons (Fsp3) is 0.562. The molecule has 4 nitrogen and oxygen atoms in total. The fourth-order valence-electron chi connectivity index (χ4n) is 2.83. The summed E-state index contributed by atoms with van der Waals surface area (Å²) in [5.74, 6) is 2.25. The van der Waals surface area contributed by atoms with Gasteiger partial charge >= 0.3 is 0 Å². The van der Waals surface area contributed by atoms with Crippen LogP contribution in [0.2, 0.25) is 0 Å². The number of halogens is 1. The number of unbranched alkanes of at least 4 members (excludes halogenated alkanes) is 1. The average molecular weight is 385 g/mol. The molecule has 120 valence electrons. The standard InChI is InChI=1S/C16H21BrN2O2S/c17-13-4-6-14(7-5-13)21-9-2-1-3-15(20)19-8-10-22-16(19)11-18-12-16/h4-7,18H,1-3,8-12H2. The molecule has 2 aliphatic rings. The monoisotopic (exact) mass is 384 g/mol. The number of rotatable bonds is 6. The second kappa shape index (κ2) is 7.23. The van der Waals surface area contributed by atoms with Crippen molar-refractivity contribution in [3.05, 3.63) is 28.7 Å². The van der Waals surface area contributed by atoms with Gasteiger partial charge in [0.15, 0.2) is 0 Å². The number of thioether (sulfide) groups is 1. The molecule has 1 aromatic carbocycles. The lowest BCUT2D eigenvalue weighted by Gasteiger charge is -2.45. The highest BCUT2D eigenvalue weighted by atomic mass is 79.9. The predicted octanol–water partition coefficient (Wildman–Crippen LogP) is 2.87. The van der Waals surface area contributed by atoms with Gasteiger partial charge in [-0.3, -0.25) is 4.79 Å². The normalized spacial score (nSPS) is 19.2. The summed E-state index contributed by atoms with van der Waals surface area (Å²) in [6.45, 7) is 3.45. The maximum Gasteiger partial charge on any atom is 0.223 e. The van der Waals surface area contributed by atoms with E-state index in [1.807, 2.05) is 36.0 Å². The van der Waals surface area contributed by atoms with Crippen LogP contribution in [-0.2, 0) is 4.79 Å².